The molecule has 0 aromatic heterocycles. The van der Waals surface area contributed by atoms with Crippen LogP contribution < -0.4 is 4.74 Å². The van der Waals surface area contributed by atoms with Crippen molar-refractivity contribution in [3.63, 3.8) is 0 Å². The first kappa shape index (κ1) is 33.2. The Morgan fingerprint density at radius 1 is 0.733 bits per heavy atom. The highest BCUT2D eigenvalue weighted by Crippen LogP contribution is 2.45. The maximum Gasteiger partial charge on any atom is 0.573 e. The third kappa shape index (κ3) is 7.46. The molecule has 0 radical (unpaired) electrons. The van der Waals surface area contributed by atoms with Crippen LogP contribution in [-0.4, -0.2) is 6.36 Å². The number of fused-ring (bicyclic) bond motifs is 1. The lowest BCUT2D eigenvalue weighted by molar-refractivity contribution is -0.276. The van der Waals surface area contributed by atoms with Gasteiger partial charge in [-0.05, 0) is 134 Å². The van der Waals surface area contributed by atoms with Gasteiger partial charge in [-0.1, -0.05) is 25.5 Å². The van der Waals surface area contributed by atoms with Crippen molar-refractivity contribution in [1.82, 2.24) is 0 Å². The molecule has 0 saturated heterocycles. The number of benzene rings is 3. The first-order valence-corrected chi connectivity index (χ1v) is 15.6. The molecule has 3 aromatic rings. The smallest absolute Gasteiger partial charge is 0.399 e. The Kier molecular flexibility index (Phi) is 10.1. The van der Waals surface area contributed by atoms with Crippen LogP contribution in [0, 0.1) is 40.8 Å². The summed E-state index contributed by atoms with van der Waals surface area (Å²) in [5, 5.41) is 0. The second-order valence-corrected chi connectivity index (χ2v) is 12.4. The van der Waals surface area contributed by atoms with Crippen LogP contribution in [0.3, 0.4) is 0 Å². The number of ether oxygens (including phenoxy) is 1. The van der Waals surface area contributed by atoms with E-state index in [0.29, 0.717) is 86.5 Å². The molecule has 5 rings (SSSR count). The number of halogens is 9. The van der Waals surface area contributed by atoms with Crippen LogP contribution in [0.2, 0.25) is 0 Å². The number of hydrogen-bond donors (Lipinski definition) is 0. The summed E-state index contributed by atoms with van der Waals surface area (Å²) >= 11 is 0. The molecule has 45 heavy (non-hydrogen) atoms. The zero-order chi connectivity index (χ0) is 32.5. The van der Waals surface area contributed by atoms with E-state index in [1.807, 2.05) is 6.92 Å². The molecule has 0 N–H and O–H groups in total. The monoisotopic (exact) mass is 642 g/mol. The molecule has 0 amide bonds. The zero-order valence-electron chi connectivity index (χ0n) is 24.9. The van der Waals surface area contributed by atoms with Crippen molar-refractivity contribution in [2.24, 2.45) is 5.92 Å². The topological polar surface area (TPSA) is 9.23 Å². The summed E-state index contributed by atoms with van der Waals surface area (Å²) in [5.41, 5.74) is 1.89. The number of rotatable bonds is 9. The molecule has 2 aliphatic rings. The van der Waals surface area contributed by atoms with E-state index in [0.717, 1.165) is 25.0 Å². The summed E-state index contributed by atoms with van der Waals surface area (Å²) in [6.45, 7) is 1.98. The van der Waals surface area contributed by atoms with Gasteiger partial charge in [0.25, 0.3) is 0 Å². The fourth-order valence-corrected chi connectivity index (χ4v) is 7.05. The zero-order valence-corrected chi connectivity index (χ0v) is 24.9. The van der Waals surface area contributed by atoms with Gasteiger partial charge in [-0.15, -0.1) is 13.2 Å². The Morgan fingerprint density at radius 2 is 1.33 bits per heavy atom. The van der Waals surface area contributed by atoms with E-state index in [4.69, 9.17) is 0 Å². The average Bonchev–Trinajstić information content (AvgIpc) is 2.99. The molecule has 0 bridgehead atoms. The third-order valence-corrected chi connectivity index (χ3v) is 9.47. The highest BCUT2D eigenvalue weighted by molar-refractivity contribution is 5.40. The first-order valence-electron chi connectivity index (χ1n) is 15.6. The predicted octanol–water partition coefficient (Wildman–Crippen LogP) is 10.9. The minimum atomic E-state index is -5.24. The molecule has 10 heteroatoms. The van der Waals surface area contributed by atoms with Crippen LogP contribution in [0.4, 0.5) is 39.5 Å². The summed E-state index contributed by atoms with van der Waals surface area (Å²) in [6, 6.07) is 6.28. The Hall–Kier alpha value is -3.17. The Morgan fingerprint density at radius 3 is 1.93 bits per heavy atom. The largest absolute Gasteiger partial charge is 0.573 e. The van der Waals surface area contributed by atoms with Gasteiger partial charge in [0.05, 0.1) is 0 Å². The van der Waals surface area contributed by atoms with Crippen molar-refractivity contribution in [3.05, 3.63) is 98.6 Å². The van der Waals surface area contributed by atoms with Gasteiger partial charge < -0.3 is 4.74 Å². The first-order chi connectivity index (χ1) is 21.4. The van der Waals surface area contributed by atoms with Crippen LogP contribution >= 0.6 is 0 Å². The van der Waals surface area contributed by atoms with E-state index in [9.17, 15) is 30.7 Å². The number of hydrogen-bond acceptors (Lipinski definition) is 1. The van der Waals surface area contributed by atoms with Crippen molar-refractivity contribution in [2.45, 2.75) is 102 Å². The molecule has 1 atom stereocenters. The molecule has 244 valence electrons. The fourth-order valence-electron chi connectivity index (χ4n) is 7.05. The van der Waals surface area contributed by atoms with E-state index in [1.165, 1.54) is 6.07 Å². The highest BCUT2D eigenvalue weighted by Gasteiger charge is 2.36. The van der Waals surface area contributed by atoms with E-state index < -0.39 is 52.9 Å². The van der Waals surface area contributed by atoms with Crippen molar-refractivity contribution >= 4 is 0 Å². The molecular formula is C35H35F9O. The SMILES string of the molecule is CCCCc1ccc(CCC2CCc3c(cc(F)c(C4CCC(c5cc(F)c(OC(F)(F)F)c(F)c5)CC4)c3F)C2)c(F)c1F. The van der Waals surface area contributed by atoms with Crippen molar-refractivity contribution in [3.8, 4) is 5.75 Å². The summed E-state index contributed by atoms with van der Waals surface area (Å²) in [7, 11) is 0. The average molecular weight is 643 g/mol. The summed E-state index contributed by atoms with van der Waals surface area (Å²) in [5.74, 6) is -8.08. The number of aryl methyl sites for hydroxylation is 2. The van der Waals surface area contributed by atoms with Crippen LogP contribution in [0.25, 0.3) is 0 Å². The highest BCUT2D eigenvalue weighted by atomic mass is 19.4. The molecule has 0 spiro atoms. The number of unbranched alkanes of at least 4 members (excludes halogenated alkanes) is 1. The van der Waals surface area contributed by atoms with Gasteiger partial charge in [-0.25, -0.2) is 26.3 Å². The Balaban J connectivity index is 1.22. The van der Waals surface area contributed by atoms with Gasteiger partial charge in [-0.2, -0.15) is 0 Å². The molecule has 0 aliphatic heterocycles. The van der Waals surface area contributed by atoms with Crippen molar-refractivity contribution in [1.29, 1.82) is 0 Å². The van der Waals surface area contributed by atoms with Crippen LogP contribution in [0.5, 0.6) is 5.75 Å². The summed E-state index contributed by atoms with van der Waals surface area (Å²) < 4.78 is 130. The Bertz CT molecular complexity index is 1500. The van der Waals surface area contributed by atoms with E-state index >= 15 is 8.78 Å². The molecule has 0 heterocycles. The van der Waals surface area contributed by atoms with Crippen LogP contribution in [-0.2, 0) is 25.7 Å². The fraction of sp³-hybridized carbons (Fsp3) is 0.486. The molecule has 1 nitrogen and oxygen atoms in total. The van der Waals surface area contributed by atoms with Gasteiger partial charge >= 0.3 is 6.36 Å². The van der Waals surface area contributed by atoms with E-state index in [2.05, 4.69) is 4.74 Å². The van der Waals surface area contributed by atoms with Gasteiger partial charge in [0.15, 0.2) is 23.3 Å². The van der Waals surface area contributed by atoms with Crippen molar-refractivity contribution in [2.75, 3.05) is 0 Å². The van der Waals surface area contributed by atoms with Gasteiger partial charge in [-0.3, -0.25) is 0 Å². The minimum absolute atomic E-state index is 0.00218. The van der Waals surface area contributed by atoms with Gasteiger partial charge in [0, 0.05) is 5.56 Å². The molecule has 1 unspecified atom stereocenters. The lowest BCUT2D eigenvalue weighted by Gasteiger charge is -2.32. The van der Waals surface area contributed by atoms with Gasteiger partial charge in [0.2, 0.25) is 5.75 Å². The molecule has 2 aliphatic carbocycles. The summed E-state index contributed by atoms with van der Waals surface area (Å²) in [6.07, 6.45) is 0.601. The lowest BCUT2D eigenvalue weighted by Crippen LogP contribution is -2.21. The normalized spacial score (nSPS) is 20.3. The lowest BCUT2D eigenvalue weighted by atomic mass is 9.74. The molecule has 1 saturated carbocycles. The molecule has 3 aromatic carbocycles. The molecule has 1 fully saturated rings. The minimum Gasteiger partial charge on any atom is -0.399 e. The van der Waals surface area contributed by atoms with E-state index in [1.54, 1.807) is 12.1 Å². The summed E-state index contributed by atoms with van der Waals surface area (Å²) in [4.78, 5) is 0. The predicted molar refractivity (Wildman–Crippen MR) is 152 cm³/mol. The number of alkyl halides is 3. The Labute approximate surface area is 256 Å². The third-order valence-electron chi connectivity index (χ3n) is 9.47. The van der Waals surface area contributed by atoms with E-state index in [-0.39, 0.29) is 23.0 Å². The maximum absolute atomic E-state index is 15.8. The van der Waals surface area contributed by atoms with Crippen LogP contribution in [0.15, 0.2) is 30.3 Å². The van der Waals surface area contributed by atoms with Crippen molar-refractivity contribution < 1.29 is 44.3 Å². The quantitative estimate of drug-likeness (QED) is 0.211. The van der Waals surface area contributed by atoms with Crippen LogP contribution in [0.1, 0.15) is 104 Å². The maximum atomic E-state index is 15.8. The standard InChI is InChI=1S/C35H35F9O/c1-2-3-4-22-12-13-23(32(40)31(22)39)7-5-19-6-14-26-25(15-19)18-27(36)30(33(26)41)21-10-8-20(9-11-21)24-16-28(37)34(29(38)17-24)45-35(42,43)44/h12-13,16-21H,2-11,14-15H2,1H3. The van der Waals surface area contributed by atoms with Gasteiger partial charge in [0.1, 0.15) is 11.6 Å². The second kappa shape index (κ2) is 13.7. The molecular weight excluding hydrogens is 607 g/mol. The second-order valence-electron chi connectivity index (χ2n) is 12.4.